The van der Waals surface area contributed by atoms with Crippen molar-refractivity contribution in [2.75, 3.05) is 6.54 Å². The van der Waals surface area contributed by atoms with E-state index in [-0.39, 0.29) is 30.8 Å². The van der Waals surface area contributed by atoms with Gasteiger partial charge in [-0.15, -0.1) is 0 Å². The van der Waals surface area contributed by atoms with Gasteiger partial charge in [0.2, 0.25) is 5.91 Å². The zero-order valence-corrected chi connectivity index (χ0v) is 12.7. The molecule has 0 fully saturated rings. The molecule has 5 heteroatoms. The third-order valence-corrected chi connectivity index (χ3v) is 3.36. The normalized spacial score (nSPS) is 12.2. The quantitative estimate of drug-likeness (QED) is 0.769. The van der Waals surface area contributed by atoms with Crippen molar-refractivity contribution in [3.63, 3.8) is 0 Å². The molecule has 1 atom stereocenters. The molecular formula is C16H24N2O3. The van der Waals surface area contributed by atoms with Crippen LogP contribution in [0.3, 0.4) is 0 Å². The van der Waals surface area contributed by atoms with Crippen molar-refractivity contribution >= 4 is 11.9 Å². The lowest BCUT2D eigenvalue weighted by atomic mass is 10.0. The van der Waals surface area contributed by atoms with Crippen LogP contribution in [0.1, 0.15) is 44.7 Å². The van der Waals surface area contributed by atoms with Crippen molar-refractivity contribution in [3.05, 3.63) is 35.9 Å². The number of aliphatic carboxylic acids is 1. The Morgan fingerprint density at radius 2 is 1.86 bits per heavy atom. The van der Waals surface area contributed by atoms with Gasteiger partial charge in [-0.1, -0.05) is 30.3 Å². The summed E-state index contributed by atoms with van der Waals surface area (Å²) in [5.74, 6) is -0.876. The number of carboxylic acids is 1. The maximum atomic E-state index is 12.3. The Morgan fingerprint density at radius 1 is 1.24 bits per heavy atom. The molecule has 1 rings (SSSR count). The third-order valence-electron chi connectivity index (χ3n) is 3.36. The average molecular weight is 292 g/mol. The lowest BCUT2D eigenvalue weighted by Gasteiger charge is -2.28. The predicted molar refractivity (Wildman–Crippen MR) is 81.7 cm³/mol. The van der Waals surface area contributed by atoms with Crippen molar-refractivity contribution in [2.45, 2.75) is 45.2 Å². The molecule has 0 heterocycles. The Bertz CT molecular complexity index is 460. The lowest BCUT2D eigenvalue weighted by Crippen LogP contribution is -2.39. The number of carbonyl (C=O) groups excluding carboxylic acids is 1. The summed E-state index contributed by atoms with van der Waals surface area (Å²) in [4.78, 5) is 24.6. The summed E-state index contributed by atoms with van der Waals surface area (Å²) in [6.07, 6.45) is 0.760. The molecule has 0 aliphatic carbocycles. The SMILES string of the molecule is CC(C)N(CCCC(=O)O)C(=O)CC(N)c1ccccc1. The molecule has 0 saturated heterocycles. The van der Waals surface area contributed by atoms with Crippen molar-refractivity contribution in [1.82, 2.24) is 4.90 Å². The molecule has 0 radical (unpaired) electrons. The van der Waals surface area contributed by atoms with Crippen molar-refractivity contribution in [1.29, 1.82) is 0 Å². The summed E-state index contributed by atoms with van der Waals surface area (Å²) < 4.78 is 0. The highest BCUT2D eigenvalue weighted by Crippen LogP contribution is 2.16. The summed E-state index contributed by atoms with van der Waals surface area (Å²) in [6.45, 7) is 4.30. The molecule has 0 spiro atoms. The smallest absolute Gasteiger partial charge is 0.303 e. The van der Waals surface area contributed by atoms with E-state index in [9.17, 15) is 9.59 Å². The van der Waals surface area contributed by atoms with Gasteiger partial charge in [-0.3, -0.25) is 9.59 Å². The van der Waals surface area contributed by atoms with Gasteiger partial charge in [0.1, 0.15) is 0 Å². The zero-order valence-electron chi connectivity index (χ0n) is 12.7. The number of nitrogens with two attached hydrogens (primary N) is 1. The zero-order chi connectivity index (χ0) is 15.8. The minimum absolute atomic E-state index is 0.0354. The summed E-state index contributed by atoms with van der Waals surface area (Å²) in [5, 5.41) is 8.67. The number of carboxylic acid groups (broad SMARTS) is 1. The van der Waals surface area contributed by atoms with E-state index < -0.39 is 5.97 Å². The largest absolute Gasteiger partial charge is 0.481 e. The van der Waals surface area contributed by atoms with Crippen LogP contribution in [0, 0.1) is 0 Å². The van der Waals surface area contributed by atoms with Gasteiger partial charge < -0.3 is 15.7 Å². The first-order valence-electron chi connectivity index (χ1n) is 7.23. The maximum absolute atomic E-state index is 12.3. The fourth-order valence-corrected chi connectivity index (χ4v) is 2.19. The Hall–Kier alpha value is -1.88. The van der Waals surface area contributed by atoms with Gasteiger partial charge in [0.15, 0.2) is 0 Å². The van der Waals surface area contributed by atoms with Crippen LogP contribution >= 0.6 is 0 Å². The van der Waals surface area contributed by atoms with Crippen LogP contribution in [0.4, 0.5) is 0 Å². The Kier molecular flexibility index (Phi) is 6.88. The van der Waals surface area contributed by atoms with Gasteiger partial charge in [0, 0.05) is 31.5 Å². The molecule has 1 amide bonds. The first kappa shape index (κ1) is 17.2. The summed E-state index contributed by atoms with van der Waals surface area (Å²) >= 11 is 0. The minimum Gasteiger partial charge on any atom is -0.481 e. The van der Waals surface area contributed by atoms with Crippen molar-refractivity contribution in [2.24, 2.45) is 5.73 Å². The molecule has 0 aliphatic heterocycles. The number of hydrogen-bond donors (Lipinski definition) is 2. The molecule has 5 nitrogen and oxygen atoms in total. The van der Waals surface area contributed by atoms with E-state index >= 15 is 0 Å². The van der Waals surface area contributed by atoms with E-state index in [4.69, 9.17) is 10.8 Å². The van der Waals surface area contributed by atoms with Crippen LogP contribution in [-0.2, 0) is 9.59 Å². The molecule has 0 saturated carbocycles. The first-order valence-corrected chi connectivity index (χ1v) is 7.23. The van der Waals surface area contributed by atoms with E-state index in [0.717, 1.165) is 5.56 Å². The highest BCUT2D eigenvalue weighted by molar-refractivity contribution is 5.77. The number of benzene rings is 1. The van der Waals surface area contributed by atoms with Crippen molar-refractivity contribution in [3.8, 4) is 0 Å². The van der Waals surface area contributed by atoms with Gasteiger partial charge in [-0.05, 0) is 25.8 Å². The van der Waals surface area contributed by atoms with Crippen LogP contribution in [0.25, 0.3) is 0 Å². The fraction of sp³-hybridized carbons (Fsp3) is 0.500. The van der Waals surface area contributed by atoms with Crippen LogP contribution in [0.15, 0.2) is 30.3 Å². The standard InChI is InChI=1S/C16H24N2O3/c1-12(2)18(10-6-9-16(20)21)15(19)11-14(17)13-7-4-3-5-8-13/h3-5,7-8,12,14H,6,9-11,17H2,1-2H3,(H,20,21). The molecule has 116 valence electrons. The number of rotatable bonds is 8. The van der Waals surface area contributed by atoms with E-state index in [1.807, 2.05) is 44.2 Å². The highest BCUT2D eigenvalue weighted by atomic mass is 16.4. The second kappa shape index (κ2) is 8.42. The number of hydrogen-bond acceptors (Lipinski definition) is 3. The summed E-state index contributed by atoms with van der Waals surface area (Å²) in [5.41, 5.74) is 7.00. The number of carbonyl (C=O) groups is 2. The van der Waals surface area contributed by atoms with Crippen molar-refractivity contribution < 1.29 is 14.7 Å². The molecule has 21 heavy (non-hydrogen) atoms. The predicted octanol–water partition coefficient (Wildman–Crippen LogP) is 2.18. The lowest BCUT2D eigenvalue weighted by molar-refractivity contribution is -0.138. The van der Waals surface area contributed by atoms with Gasteiger partial charge in [0.05, 0.1) is 0 Å². The van der Waals surface area contributed by atoms with Crippen LogP contribution in [0.2, 0.25) is 0 Å². The highest BCUT2D eigenvalue weighted by Gasteiger charge is 2.20. The first-order chi connectivity index (χ1) is 9.91. The summed E-state index contributed by atoms with van der Waals surface area (Å²) in [7, 11) is 0. The minimum atomic E-state index is -0.841. The maximum Gasteiger partial charge on any atom is 0.303 e. The second-order valence-corrected chi connectivity index (χ2v) is 5.40. The topological polar surface area (TPSA) is 83.6 Å². The van der Waals surface area contributed by atoms with Gasteiger partial charge in [-0.2, -0.15) is 0 Å². The number of nitrogens with zero attached hydrogens (tertiary/aromatic N) is 1. The molecule has 1 unspecified atom stereocenters. The molecule has 1 aromatic carbocycles. The van der Waals surface area contributed by atoms with Crippen LogP contribution in [-0.4, -0.2) is 34.5 Å². The molecular weight excluding hydrogens is 268 g/mol. The summed E-state index contributed by atoms with van der Waals surface area (Å²) in [6, 6.07) is 9.21. The molecule has 0 aromatic heterocycles. The second-order valence-electron chi connectivity index (χ2n) is 5.40. The molecule has 0 bridgehead atoms. The Labute approximate surface area is 125 Å². The van der Waals surface area contributed by atoms with E-state index in [0.29, 0.717) is 13.0 Å². The van der Waals surface area contributed by atoms with Crippen LogP contribution < -0.4 is 5.73 Å². The number of amides is 1. The van der Waals surface area contributed by atoms with Crippen LogP contribution in [0.5, 0.6) is 0 Å². The Morgan fingerprint density at radius 3 is 2.38 bits per heavy atom. The van der Waals surface area contributed by atoms with E-state index in [1.54, 1.807) is 4.90 Å². The third kappa shape index (κ3) is 5.95. The Balaban J connectivity index is 2.58. The average Bonchev–Trinajstić information content (AvgIpc) is 2.43. The van der Waals surface area contributed by atoms with E-state index in [1.165, 1.54) is 0 Å². The van der Waals surface area contributed by atoms with Gasteiger partial charge >= 0.3 is 5.97 Å². The van der Waals surface area contributed by atoms with Gasteiger partial charge in [-0.25, -0.2) is 0 Å². The molecule has 0 aliphatic rings. The monoisotopic (exact) mass is 292 g/mol. The molecule has 3 N–H and O–H groups in total. The fourth-order valence-electron chi connectivity index (χ4n) is 2.19. The van der Waals surface area contributed by atoms with Gasteiger partial charge in [0.25, 0.3) is 0 Å². The van der Waals surface area contributed by atoms with E-state index in [2.05, 4.69) is 0 Å². The molecule has 1 aromatic rings.